The van der Waals surface area contributed by atoms with E-state index in [0.29, 0.717) is 11.5 Å². The Morgan fingerprint density at radius 1 is 1.39 bits per heavy atom. The summed E-state index contributed by atoms with van der Waals surface area (Å²) >= 11 is 0. The van der Waals surface area contributed by atoms with Crippen LogP contribution in [0, 0.1) is 13.8 Å². The first-order valence-electron chi connectivity index (χ1n) is 5.38. The van der Waals surface area contributed by atoms with Crippen LogP contribution in [0.2, 0.25) is 0 Å². The third-order valence-corrected chi connectivity index (χ3v) is 2.50. The van der Waals surface area contributed by atoms with Gasteiger partial charge in [0.2, 0.25) is 0 Å². The van der Waals surface area contributed by atoms with Crippen molar-refractivity contribution in [1.29, 1.82) is 0 Å². The van der Waals surface area contributed by atoms with Crippen LogP contribution in [0.3, 0.4) is 0 Å². The number of nitrogens with one attached hydrogen (secondary N) is 3. The molecule has 0 aliphatic rings. The van der Waals surface area contributed by atoms with Crippen molar-refractivity contribution >= 4 is 17.4 Å². The summed E-state index contributed by atoms with van der Waals surface area (Å²) < 4.78 is 0. The second-order valence-electron chi connectivity index (χ2n) is 3.82. The van der Waals surface area contributed by atoms with Crippen molar-refractivity contribution in [2.24, 2.45) is 5.84 Å². The number of nitrogens with two attached hydrogens (primary N) is 1. The molecule has 0 spiro atoms. The van der Waals surface area contributed by atoms with Gasteiger partial charge < -0.3 is 10.7 Å². The first kappa shape index (κ1) is 12.1. The predicted octanol–water partition coefficient (Wildman–Crippen LogP) is 0.959. The van der Waals surface area contributed by atoms with E-state index in [4.69, 9.17) is 5.84 Å². The number of anilines is 2. The number of amides is 1. The molecular formula is C11H14N6O. The van der Waals surface area contributed by atoms with Crippen molar-refractivity contribution in [2.45, 2.75) is 13.8 Å². The van der Waals surface area contributed by atoms with Gasteiger partial charge in [0.1, 0.15) is 11.5 Å². The molecule has 2 aromatic heterocycles. The number of aromatic nitrogens is 3. The normalized spacial score (nSPS) is 10.2. The van der Waals surface area contributed by atoms with Crippen LogP contribution in [-0.2, 0) is 0 Å². The maximum absolute atomic E-state index is 12.0. The molecular weight excluding hydrogens is 232 g/mol. The molecule has 0 fully saturated rings. The van der Waals surface area contributed by atoms with E-state index in [1.807, 2.05) is 13.8 Å². The van der Waals surface area contributed by atoms with Crippen LogP contribution in [0.25, 0.3) is 0 Å². The van der Waals surface area contributed by atoms with Gasteiger partial charge in [0.05, 0.1) is 17.1 Å². The van der Waals surface area contributed by atoms with Gasteiger partial charge in [0.25, 0.3) is 5.91 Å². The van der Waals surface area contributed by atoms with Gasteiger partial charge in [-0.2, -0.15) is 5.10 Å². The molecule has 5 N–H and O–H groups in total. The maximum Gasteiger partial charge on any atom is 0.274 e. The highest BCUT2D eigenvalue weighted by atomic mass is 16.1. The molecule has 7 heteroatoms. The summed E-state index contributed by atoms with van der Waals surface area (Å²) in [7, 11) is 0. The van der Waals surface area contributed by atoms with Gasteiger partial charge in [0.15, 0.2) is 0 Å². The molecule has 0 aromatic carbocycles. The SMILES string of the molecule is Cc1n[nH]c(C)c1NC(=O)c1cccc(NN)n1. The number of pyridine rings is 1. The van der Waals surface area contributed by atoms with Crippen LogP contribution >= 0.6 is 0 Å². The van der Waals surface area contributed by atoms with Gasteiger partial charge in [-0.25, -0.2) is 10.8 Å². The number of hydrazine groups is 1. The van der Waals surface area contributed by atoms with E-state index < -0.39 is 0 Å². The van der Waals surface area contributed by atoms with Gasteiger partial charge in [0, 0.05) is 0 Å². The number of hydrogen-bond donors (Lipinski definition) is 4. The second kappa shape index (κ2) is 4.84. The minimum atomic E-state index is -0.306. The van der Waals surface area contributed by atoms with Crippen molar-refractivity contribution in [3.63, 3.8) is 0 Å². The van der Waals surface area contributed by atoms with Crippen LogP contribution in [0.5, 0.6) is 0 Å². The molecule has 18 heavy (non-hydrogen) atoms. The van der Waals surface area contributed by atoms with Crippen molar-refractivity contribution in [3.8, 4) is 0 Å². The van der Waals surface area contributed by atoms with Gasteiger partial charge in [-0.1, -0.05) is 6.07 Å². The Morgan fingerprint density at radius 3 is 2.78 bits per heavy atom. The lowest BCUT2D eigenvalue weighted by atomic mass is 10.3. The van der Waals surface area contributed by atoms with Crippen LogP contribution in [0.15, 0.2) is 18.2 Å². The first-order chi connectivity index (χ1) is 8.61. The lowest BCUT2D eigenvalue weighted by molar-refractivity contribution is 0.102. The average molecular weight is 246 g/mol. The minimum Gasteiger partial charge on any atom is -0.317 e. The Bertz CT molecular complexity index is 557. The Hall–Kier alpha value is -2.41. The number of rotatable bonds is 3. The molecule has 94 valence electrons. The van der Waals surface area contributed by atoms with Gasteiger partial charge in [-0.3, -0.25) is 9.89 Å². The number of carbonyl (C=O) groups excluding carboxylic acids is 1. The van der Waals surface area contributed by atoms with Crippen molar-refractivity contribution < 1.29 is 4.79 Å². The summed E-state index contributed by atoms with van der Waals surface area (Å²) in [5.41, 5.74) is 4.88. The third kappa shape index (κ3) is 2.30. The summed E-state index contributed by atoms with van der Waals surface area (Å²) in [5, 5.41) is 9.57. The van der Waals surface area contributed by atoms with Crippen LogP contribution in [0.1, 0.15) is 21.9 Å². The fourth-order valence-electron chi connectivity index (χ4n) is 1.55. The zero-order valence-electron chi connectivity index (χ0n) is 10.1. The highest BCUT2D eigenvalue weighted by Gasteiger charge is 2.13. The molecule has 0 saturated heterocycles. The third-order valence-electron chi connectivity index (χ3n) is 2.50. The first-order valence-corrected chi connectivity index (χ1v) is 5.38. The molecule has 2 aromatic rings. The maximum atomic E-state index is 12.0. The second-order valence-corrected chi connectivity index (χ2v) is 3.82. The molecule has 0 bridgehead atoms. The zero-order valence-corrected chi connectivity index (χ0v) is 10.1. The highest BCUT2D eigenvalue weighted by Crippen LogP contribution is 2.17. The molecule has 2 rings (SSSR count). The molecule has 0 unspecified atom stereocenters. The number of nitrogens with zero attached hydrogens (tertiary/aromatic N) is 2. The number of H-pyrrole nitrogens is 1. The Kier molecular flexibility index (Phi) is 3.24. The van der Waals surface area contributed by atoms with E-state index in [1.165, 1.54) is 0 Å². The molecule has 7 nitrogen and oxygen atoms in total. The van der Waals surface area contributed by atoms with Crippen molar-refractivity contribution in [2.75, 3.05) is 10.7 Å². The number of nitrogen functional groups attached to an aromatic ring is 1. The smallest absolute Gasteiger partial charge is 0.274 e. The summed E-state index contributed by atoms with van der Waals surface area (Å²) in [6, 6.07) is 4.98. The van der Waals surface area contributed by atoms with E-state index in [9.17, 15) is 4.79 Å². The standard InChI is InChI=1S/C11H14N6O/c1-6-10(7(2)17-16-6)14-11(18)8-4-3-5-9(13-8)15-12/h3-5H,12H2,1-2H3,(H,13,15)(H,14,18)(H,16,17). The molecule has 0 radical (unpaired) electrons. The highest BCUT2D eigenvalue weighted by molar-refractivity contribution is 6.03. The van der Waals surface area contributed by atoms with Crippen LogP contribution in [-0.4, -0.2) is 21.1 Å². The Morgan fingerprint density at radius 2 is 2.17 bits per heavy atom. The van der Waals surface area contributed by atoms with E-state index >= 15 is 0 Å². The van der Waals surface area contributed by atoms with E-state index in [2.05, 4.69) is 25.9 Å². The fraction of sp³-hybridized carbons (Fsp3) is 0.182. The monoisotopic (exact) mass is 246 g/mol. The lowest BCUT2D eigenvalue weighted by Gasteiger charge is -2.06. The van der Waals surface area contributed by atoms with Crippen molar-refractivity contribution in [3.05, 3.63) is 35.3 Å². The Balaban J connectivity index is 2.22. The quantitative estimate of drug-likeness (QED) is 0.476. The van der Waals surface area contributed by atoms with E-state index in [0.717, 1.165) is 11.4 Å². The molecule has 0 saturated carbocycles. The van der Waals surface area contributed by atoms with Gasteiger partial charge in [-0.15, -0.1) is 0 Å². The minimum absolute atomic E-state index is 0.283. The van der Waals surface area contributed by atoms with Gasteiger partial charge >= 0.3 is 0 Å². The number of carbonyl (C=O) groups is 1. The number of aryl methyl sites for hydroxylation is 2. The summed E-state index contributed by atoms with van der Waals surface area (Å²) in [4.78, 5) is 16.1. The summed E-state index contributed by atoms with van der Waals surface area (Å²) in [6.45, 7) is 3.64. The number of aromatic amines is 1. The largest absolute Gasteiger partial charge is 0.317 e. The topological polar surface area (TPSA) is 109 Å². The van der Waals surface area contributed by atoms with Gasteiger partial charge in [-0.05, 0) is 26.0 Å². The molecule has 0 atom stereocenters. The predicted molar refractivity (Wildman–Crippen MR) is 68.1 cm³/mol. The molecule has 0 aliphatic heterocycles. The molecule has 0 aliphatic carbocycles. The fourth-order valence-corrected chi connectivity index (χ4v) is 1.55. The summed E-state index contributed by atoms with van der Waals surface area (Å²) in [5.74, 6) is 5.37. The van der Waals surface area contributed by atoms with Crippen LogP contribution < -0.4 is 16.6 Å². The van der Waals surface area contributed by atoms with Crippen LogP contribution in [0.4, 0.5) is 11.5 Å². The van der Waals surface area contributed by atoms with Crippen molar-refractivity contribution in [1.82, 2.24) is 15.2 Å². The van der Waals surface area contributed by atoms with E-state index in [-0.39, 0.29) is 11.6 Å². The number of hydrogen-bond acceptors (Lipinski definition) is 5. The zero-order chi connectivity index (χ0) is 13.1. The molecule has 1 amide bonds. The lowest BCUT2D eigenvalue weighted by Crippen LogP contribution is -2.16. The summed E-state index contributed by atoms with van der Waals surface area (Å²) in [6.07, 6.45) is 0. The average Bonchev–Trinajstić information content (AvgIpc) is 2.70. The Labute approximate surface area is 104 Å². The molecule has 2 heterocycles. The van der Waals surface area contributed by atoms with E-state index in [1.54, 1.807) is 18.2 Å².